The molecular weight excluding hydrogens is 302 g/mol. The number of benzene rings is 1. The van der Waals surface area contributed by atoms with Gasteiger partial charge in [-0.15, -0.1) is 0 Å². The molecule has 0 fully saturated rings. The van der Waals surface area contributed by atoms with Crippen LogP contribution in [0.5, 0.6) is 5.75 Å². The zero-order chi connectivity index (χ0) is 18.2. The molecule has 0 radical (unpaired) electrons. The lowest BCUT2D eigenvalue weighted by atomic mass is 9.96. The van der Waals surface area contributed by atoms with E-state index < -0.39 is 5.60 Å². The molecule has 24 heavy (non-hydrogen) atoms. The molecule has 1 aromatic carbocycles. The Bertz CT molecular complexity index is 519. The molecule has 4 heteroatoms. The molecule has 1 aromatic rings. The third-order valence-electron chi connectivity index (χ3n) is 4.21. The fraction of sp³-hybridized carbons (Fsp3) is 0.650. The lowest BCUT2D eigenvalue weighted by molar-refractivity contribution is -0.139. The number of unbranched alkanes of at least 4 members (excludes halogenated alkanes) is 2. The Balaban J connectivity index is 2.90. The molecule has 0 saturated carbocycles. The van der Waals surface area contributed by atoms with Crippen LogP contribution in [0.15, 0.2) is 12.1 Å². The zero-order valence-corrected chi connectivity index (χ0v) is 16.1. The van der Waals surface area contributed by atoms with Gasteiger partial charge in [-0.1, -0.05) is 26.2 Å². The highest BCUT2D eigenvalue weighted by Crippen LogP contribution is 2.28. The molecule has 0 spiro atoms. The molecule has 1 amide bonds. The maximum Gasteiger partial charge on any atom is 0.256 e. The molecular formula is C20H33NO3. The standard InChI is InChI=1S/C20H33NO3/c1-7-10-11-12-20(6,24-9-3)19(22)21-17-13-15(4)18(23-8-2)16(5)14-17/h13-14H,7-12H2,1-6H3,(H,21,22). The van der Waals surface area contributed by atoms with Gasteiger partial charge in [0.2, 0.25) is 0 Å². The van der Waals surface area contributed by atoms with Crippen molar-refractivity contribution in [1.29, 1.82) is 0 Å². The molecule has 4 nitrogen and oxygen atoms in total. The highest BCUT2D eigenvalue weighted by atomic mass is 16.5. The molecule has 0 aliphatic carbocycles. The van der Waals surface area contributed by atoms with E-state index >= 15 is 0 Å². The van der Waals surface area contributed by atoms with Gasteiger partial charge < -0.3 is 14.8 Å². The van der Waals surface area contributed by atoms with Crippen molar-refractivity contribution in [2.24, 2.45) is 0 Å². The highest BCUT2D eigenvalue weighted by molar-refractivity contribution is 5.97. The topological polar surface area (TPSA) is 47.6 Å². The molecule has 0 aliphatic rings. The van der Waals surface area contributed by atoms with Crippen LogP contribution in [0.4, 0.5) is 5.69 Å². The summed E-state index contributed by atoms with van der Waals surface area (Å²) in [4.78, 5) is 12.8. The summed E-state index contributed by atoms with van der Waals surface area (Å²) in [6.45, 7) is 13.1. The number of rotatable bonds is 10. The van der Waals surface area contributed by atoms with Crippen LogP contribution in [-0.2, 0) is 9.53 Å². The highest BCUT2D eigenvalue weighted by Gasteiger charge is 2.33. The smallest absolute Gasteiger partial charge is 0.256 e. The van der Waals surface area contributed by atoms with Crippen molar-refractivity contribution in [3.8, 4) is 5.75 Å². The van der Waals surface area contributed by atoms with Crippen molar-refractivity contribution in [2.75, 3.05) is 18.5 Å². The van der Waals surface area contributed by atoms with Gasteiger partial charge in [-0.25, -0.2) is 0 Å². The van der Waals surface area contributed by atoms with Gasteiger partial charge in [0, 0.05) is 12.3 Å². The molecule has 1 rings (SSSR count). The van der Waals surface area contributed by atoms with E-state index in [1.807, 2.05) is 46.8 Å². The normalized spacial score (nSPS) is 13.4. The summed E-state index contributed by atoms with van der Waals surface area (Å²) in [7, 11) is 0. The van der Waals surface area contributed by atoms with Crippen molar-refractivity contribution in [2.45, 2.75) is 72.8 Å². The minimum Gasteiger partial charge on any atom is -0.493 e. The lowest BCUT2D eigenvalue weighted by Crippen LogP contribution is -2.42. The Morgan fingerprint density at radius 1 is 1.08 bits per heavy atom. The number of carbonyl (C=O) groups is 1. The van der Waals surface area contributed by atoms with Gasteiger partial charge in [0.25, 0.3) is 5.91 Å². The van der Waals surface area contributed by atoms with Gasteiger partial charge in [-0.05, 0) is 64.3 Å². The molecule has 0 aliphatic heterocycles. The summed E-state index contributed by atoms with van der Waals surface area (Å²) in [5, 5.41) is 3.03. The van der Waals surface area contributed by atoms with Crippen molar-refractivity contribution in [3.63, 3.8) is 0 Å². The van der Waals surface area contributed by atoms with Crippen molar-refractivity contribution < 1.29 is 14.3 Å². The Labute approximate surface area is 146 Å². The molecule has 1 unspecified atom stereocenters. The van der Waals surface area contributed by atoms with E-state index in [1.165, 1.54) is 0 Å². The van der Waals surface area contributed by atoms with E-state index in [-0.39, 0.29) is 5.91 Å². The summed E-state index contributed by atoms with van der Waals surface area (Å²) in [6.07, 6.45) is 3.95. The molecule has 1 atom stereocenters. The van der Waals surface area contributed by atoms with Gasteiger partial charge in [0.15, 0.2) is 0 Å². The quantitative estimate of drug-likeness (QED) is 0.611. The Morgan fingerprint density at radius 3 is 2.21 bits per heavy atom. The molecule has 1 N–H and O–H groups in total. The maximum atomic E-state index is 12.8. The number of amides is 1. The van der Waals surface area contributed by atoms with Gasteiger partial charge >= 0.3 is 0 Å². The first-order valence-corrected chi connectivity index (χ1v) is 9.07. The average molecular weight is 335 g/mol. The Morgan fingerprint density at radius 2 is 1.71 bits per heavy atom. The first-order chi connectivity index (χ1) is 11.4. The number of carbonyl (C=O) groups excluding carboxylic acids is 1. The van der Waals surface area contributed by atoms with Crippen LogP contribution in [-0.4, -0.2) is 24.7 Å². The second kappa shape index (κ2) is 9.67. The van der Waals surface area contributed by atoms with Crippen LogP contribution in [0, 0.1) is 13.8 Å². The Hall–Kier alpha value is -1.55. The van der Waals surface area contributed by atoms with Gasteiger partial charge in [-0.3, -0.25) is 4.79 Å². The summed E-state index contributed by atoms with van der Waals surface area (Å²) < 4.78 is 11.5. The van der Waals surface area contributed by atoms with E-state index in [0.717, 1.165) is 48.2 Å². The third kappa shape index (κ3) is 5.52. The number of anilines is 1. The number of nitrogens with one attached hydrogen (secondary N) is 1. The van der Waals surface area contributed by atoms with Gasteiger partial charge in [0.1, 0.15) is 11.4 Å². The SMILES string of the molecule is CCCCCC(C)(OCC)C(=O)Nc1cc(C)c(OCC)c(C)c1. The summed E-state index contributed by atoms with van der Waals surface area (Å²) in [5.74, 6) is 0.814. The van der Waals surface area contributed by atoms with E-state index in [1.54, 1.807) is 0 Å². The first kappa shape index (κ1) is 20.5. The largest absolute Gasteiger partial charge is 0.493 e. The van der Waals surface area contributed by atoms with E-state index in [4.69, 9.17) is 9.47 Å². The third-order valence-corrected chi connectivity index (χ3v) is 4.21. The summed E-state index contributed by atoms with van der Waals surface area (Å²) in [6, 6.07) is 3.91. The second-order valence-corrected chi connectivity index (χ2v) is 6.45. The van der Waals surface area contributed by atoms with Crippen LogP contribution in [0.25, 0.3) is 0 Å². The predicted octanol–water partition coefficient (Wildman–Crippen LogP) is 5.02. The zero-order valence-electron chi connectivity index (χ0n) is 16.1. The summed E-state index contributed by atoms with van der Waals surface area (Å²) >= 11 is 0. The van der Waals surface area contributed by atoms with Crippen LogP contribution in [0.1, 0.15) is 64.5 Å². The van der Waals surface area contributed by atoms with Crippen molar-refractivity contribution in [3.05, 3.63) is 23.3 Å². The minimum absolute atomic E-state index is 0.0802. The van der Waals surface area contributed by atoms with Crippen LogP contribution in [0.2, 0.25) is 0 Å². The fourth-order valence-corrected chi connectivity index (χ4v) is 2.94. The molecule has 0 heterocycles. The fourth-order valence-electron chi connectivity index (χ4n) is 2.94. The molecule has 136 valence electrons. The van der Waals surface area contributed by atoms with Crippen molar-refractivity contribution >= 4 is 11.6 Å². The second-order valence-electron chi connectivity index (χ2n) is 6.45. The van der Waals surface area contributed by atoms with Crippen molar-refractivity contribution in [1.82, 2.24) is 0 Å². The minimum atomic E-state index is -0.787. The van der Waals surface area contributed by atoms with E-state index in [9.17, 15) is 4.79 Å². The number of hydrogen-bond acceptors (Lipinski definition) is 3. The Kier molecular flexibility index (Phi) is 8.26. The monoisotopic (exact) mass is 335 g/mol. The molecule has 0 aromatic heterocycles. The van der Waals surface area contributed by atoms with Gasteiger partial charge in [0.05, 0.1) is 6.61 Å². The summed E-state index contributed by atoms with van der Waals surface area (Å²) in [5.41, 5.74) is 2.05. The van der Waals surface area contributed by atoms with E-state index in [0.29, 0.717) is 13.2 Å². The maximum absolute atomic E-state index is 12.8. The van der Waals surface area contributed by atoms with Gasteiger partial charge in [-0.2, -0.15) is 0 Å². The predicted molar refractivity (Wildman–Crippen MR) is 99.9 cm³/mol. The molecule has 0 bridgehead atoms. The van der Waals surface area contributed by atoms with Crippen LogP contribution >= 0.6 is 0 Å². The molecule has 0 saturated heterocycles. The van der Waals surface area contributed by atoms with Crippen LogP contribution < -0.4 is 10.1 Å². The van der Waals surface area contributed by atoms with E-state index in [2.05, 4.69) is 12.2 Å². The number of ether oxygens (including phenoxy) is 2. The number of aryl methyl sites for hydroxylation is 2. The van der Waals surface area contributed by atoms with Crippen LogP contribution in [0.3, 0.4) is 0 Å². The number of hydrogen-bond donors (Lipinski definition) is 1. The average Bonchev–Trinajstić information content (AvgIpc) is 2.51. The first-order valence-electron chi connectivity index (χ1n) is 9.07. The lowest BCUT2D eigenvalue weighted by Gasteiger charge is -2.28.